The van der Waals surface area contributed by atoms with Crippen LogP contribution in [0.2, 0.25) is 5.02 Å². The van der Waals surface area contributed by atoms with Gasteiger partial charge in [0.1, 0.15) is 17.2 Å². The quantitative estimate of drug-likeness (QED) is 0.0607. The van der Waals surface area contributed by atoms with E-state index in [2.05, 4.69) is 10.6 Å². The number of halogens is 1. The Bertz CT molecular complexity index is 2140. The van der Waals surface area contributed by atoms with E-state index in [-0.39, 0.29) is 29.6 Å². The van der Waals surface area contributed by atoms with Crippen LogP contribution in [0.15, 0.2) is 138 Å². The Morgan fingerprint density at radius 2 is 1.53 bits per heavy atom. The normalized spacial score (nSPS) is 14.3. The molecule has 0 radical (unpaired) electrons. The number of ether oxygens (including phenoxy) is 1. The van der Waals surface area contributed by atoms with Gasteiger partial charge in [-0.3, -0.25) is 29.3 Å². The molecule has 51 heavy (non-hydrogen) atoms. The van der Waals surface area contributed by atoms with E-state index in [4.69, 9.17) is 16.3 Å². The molecule has 0 spiro atoms. The minimum absolute atomic E-state index is 0.0171. The highest BCUT2D eigenvalue weighted by Crippen LogP contribution is 2.36. The Kier molecular flexibility index (Phi) is 10.5. The van der Waals surface area contributed by atoms with Crippen LogP contribution in [0.1, 0.15) is 22.3 Å². The summed E-state index contributed by atoms with van der Waals surface area (Å²) in [6.07, 6.45) is 1.39. The summed E-state index contributed by atoms with van der Waals surface area (Å²) in [5, 5.41) is 16.4. The van der Waals surface area contributed by atoms with E-state index in [1.54, 1.807) is 103 Å². The molecule has 0 aromatic heterocycles. The lowest BCUT2D eigenvalue weighted by atomic mass is 10.1. The number of amides is 4. The van der Waals surface area contributed by atoms with Gasteiger partial charge in [-0.25, -0.2) is 4.90 Å². The lowest BCUT2D eigenvalue weighted by Crippen LogP contribution is -2.31. The first kappa shape index (κ1) is 34.6. The van der Waals surface area contributed by atoms with Crippen LogP contribution in [0.4, 0.5) is 17.1 Å². The molecule has 0 aliphatic carbocycles. The minimum Gasteiger partial charge on any atom is -0.457 e. The minimum atomic E-state index is -0.698. The third-order valence-corrected chi connectivity index (χ3v) is 8.99. The van der Waals surface area contributed by atoms with Gasteiger partial charge in [0, 0.05) is 39.7 Å². The zero-order chi connectivity index (χ0) is 35.9. The van der Waals surface area contributed by atoms with Crippen LogP contribution in [0.25, 0.3) is 6.08 Å². The van der Waals surface area contributed by atoms with Crippen LogP contribution < -0.4 is 20.3 Å². The van der Waals surface area contributed by atoms with Gasteiger partial charge in [0.05, 0.1) is 15.9 Å². The Balaban J connectivity index is 1.14. The summed E-state index contributed by atoms with van der Waals surface area (Å²) >= 11 is 7.13. The highest BCUT2D eigenvalue weighted by molar-refractivity contribution is 8.00. The largest absolute Gasteiger partial charge is 0.457 e. The third-order valence-electron chi connectivity index (χ3n) is 7.56. The molecule has 1 heterocycles. The Hall–Kier alpha value is -6.24. The fourth-order valence-corrected chi connectivity index (χ4v) is 6.32. The first-order chi connectivity index (χ1) is 24.6. The van der Waals surface area contributed by atoms with Crippen molar-refractivity contribution in [3.63, 3.8) is 0 Å². The van der Waals surface area contributed by atoms with Gasteiger partial charge in [-0.05, 0) is 103 Å². The number of anilines is 2. The molecule has 0 bridgehead atoms. The Morgan fingerprint density at radius 3 is 2.20 bits per heavy atom. The molecule has 5 aromatic carbocycles. The number of carbonyl (C=O) groups excluding carboxylic acids is 4. The second-order valence-corrected chi connectivity index (χ2v) is 12.8. The lowest BCUT2D eigenvalue weighted by Gasteiger charge is -2.16. The molecule has 1 fully saturated rings. The average Bonchev–Trinajstić information content (AvgIpc) is 3.41. The molecule has 1 atom stereocenters. The van der Waals surface area contributed by atoms with Gasteiger partial charge < -0.3 is 15.4 Å². The van der Waals surface area contributed by atoms with Gasteiger partial charge in [0.25, 0.3) is 17.5 Å². The maximum Gasteiger partial charge on any atom is 0.272 e. The number of nitrogens with one attached hydrogen (secondary N) is 2. The highest BCUT2D eigenvalue weighted by Gasteiger charge is 2.40. The van der Waals surface area contributed by atoms with Crippen LogP contribution in [-0.4, -0.2) is 33.8 Å². The zero-order valence-electron chi connectivity index (χ0n) is 26.5. The van der Waals surface area contributed by atoms with Crippen LogP contribution in [0.5, 0.6) is 11.5 Å². The molecule has 11 nitrogen and oxygen atoms in total. The molecular formula is C38H27ClN4O7S. The summed E-state index contributed by atoms with van der Waals surface area (Å²) < 4.78 is 5.81. The standard InChI is InChI=1S/C38H27ClN4O7S/c39-26-11-17-30(18-12-26)50-31-19-15-28(16-20-31)42-35(44)23-34(38(42)47)51-32-8-4-7-27(22-32)40-37(46)33(41-36(45)25-5-2-1-3-6-25)21-24-9-13-29(14-10-24)43(48)49/h1-22,34H,23H2,(H,40,46)(H,41,45)/b33-21-/t34-/m0/s1. The van der Waals surface area contributed by atoms with Gasteiger partial charge in [-0.1, -0.05) is 35.9 Å². The second-order valence-electron chi connectivity index (χ2n) is 11.1. The highest BCUT2D eigenvalue weighted by atomic mass is 35.5. The topological polar surface area (TPSA) is 148 Å². The summed E-state index contributed by atoms with van der Waals surface area (Å²) in [6, 6.07) is 34.1. The van der Waals surface area contributed by atoms with E-state index in [0.717, 1.165) is 4.90 Å². The van der Waals surface area contributed by atoms with Crippen molar-refractivity contribution < 1.29 is 28.8 Å². The number of rotatable bonds is 11. The van der Waals surface area contributed by atoms with Crippen molar-refractivity contribution in [2.75, 3.05) is 10.2 Å². The van der Waals surface area contributed by atoms with Crippen LogP contribution in [0, 0.1) is 10.1 Å². The molecule has 2 N–H and O–H groups in total. The average molecular weight is 719 g/mol. The fourth-order valence-electron chi connectivity index (χ4n) is 5.08. The predicted molar refractivity (Wildman–Crippen MR) is 195 cm³/mol. The predicted octanol–water partition coefficient (Wildman–Crippen LogP) is 7.87. The van der Waals surface area contributed by atoms with E-state index in [1.807, 2.05) is 0 Å². The molecule has 4 amide bonds. The molecule has 254 valence electrons. The zero-order valence-corrected chi connectivity index (χ0v) is 28.1. The summed E-state index contributed by atoms with van der Waals surface area (Å²) in [7, 11) is 0. The monoisotopic (exact) mass is 718 g/mol. The number of nitro groups is 1. The Morgan fingerprint density at radius 1 is 0.863 bits per heavy atom. The van der Waals surface area contributed by atoms with Crippen molar-refractivity contribution in [2.24, 2.45) is 0 Å². The van der Waals surface area contributed by atoms with Gasteiger partial charge in [0.15, 0.2) is 0 Å². The molecule has 1 aliphatic rings. The van der Waals surface area contributed by atoms with Crippen LogP contribution in [0.3, 0.4) is 0 Å². The first-order valence-corrected chi connectivity index (χ1v) is 16.7. The fraction of sp³-hybridized carbons (Fsp3) is 0.0526. The van der Waals surface area contributed by atoms with Crippen molar-refractivity contribution in [2.45, 2.75) is 16.6 Å². The van der Waals surface area contributed by atoms with E-state index in [0.29, 0.717) is 43.9 Å². The maximum absolute atomic E-state index is 13.5. The number of hydrogen-bond acceptors (Lipinski definition) is 8. The number of imide groups is 1. The molecule has 6 rings (SSSR count). The molecule has 0 saturated carbocycles. The number of nitrogens with zero attached hydrogens (tertiary/aromatic N) is 2. The number of nitro benzene ring substituents is 1. The Labute approximate surface area is 301 Å². The van der Waals surface area contributed by atoms with Crippen molar-refractivity contribution >= 4 is 70.1 Å². The summed E-state index contributed by atoms with van der Waals surface area (Å²) in [6.45, 7) is 0. The number of non-ortho nitro benzene ring substituents is 1. The van der Waals surface area contributed by atoms with Crippen molar-refractivity contribution in [3.05, 3.63) is 159 Å². The number of carbonyl (C=O) groups is 4. The number of benzene rings is 5. The molecule has 1 aliphatic heterocycles. The molecular weight excluding hydrogens is 692 g/mol. The van der Waals surface area contributed by atoms with E-state index in [1.165, 1.54) is 42.1 Å². The smallest absolute Gasteiger partial charge is 0.272 e. The lowest BCUT2D eigenvalue weighted by molar-refractivity contribution is -0.384. The molecule has 0 unspecified atom stereocenters. The van der Waals surface area contributed by atoms with E-state index >= 15 is 0 Å². The SMILES string of the molecule is O=C(Nc1cccc(S[C@H]2CC(=O)N(c3ccc(Oc4ccc(Cl)cc4)cc3)C2=O)c1)/C(=C/c1ccc([N+](=O)[O-])cc1)NC(=O)c1ccccc1. The molecule has 1 saturated heterocycles. The summed E-state index contributed by atoms with van der Waals surface area (Å²) in [5.41, 5.74) is 1.34. The van der Waals surface area contributed by atoms with Crippen LogP contribution >= 0.6 is 23.4 Å². The first-order valence-electron chi connectivity index (χ1n) is 15.4. The van der Waals surface area contributed by atoms with Crippen molar-refractivity contribution in [3.8, 4) is 11.5 Å². The van der Waals surface area contributed by atoms with Crippen molar-refractivity contribution in [1.29, 1.82) is 0 Å². The van der Waals surface area contributed by atoms with Crippen LogP contribution in [-0.2, 0) is 14.4 Å². The van der Waals surface area contributed by atoms with Gasteiger partial charge in [-0.15, -0.1) is 11.8 Å². The van der Waals surface area contributed by atoms with Crippen molar-refractivity contribution in [1.82, 2.24) is 5.32 Å². The van der Waals surface area contributed by atoms with E-state index in [9.17, 15) is 29.3 Å². The van der Waals surface area contributed by atoms with E-state index < -0.39 is 22.0 Å². The number of hydrogen-bond donors (Lipinski definition) is 2. The third kappa shape index (κ3) is 8.68. The molecule has 13 heteroatoms. The van der Waals surface area contributed by atoms with Gasteiger partial charge in [-0.2, -0.15) is 0 Å². The molecule has 5 aromatic rings. The maximum atomic E-state index is 13.5. The van der Waals surface area contributed by atoms with Gasteiger partial charge in [0.2, 0.25) is 11.8 Å². The number of thioether (sulfide) groups is 1. The summed E-state index contributed by atoms with van der Waals surface area (Å²) in [4.78, 5) is 65.2. The summed E-state index contributed by atoms with van der Waals surface area (Å²) in [5.74, 6) is -0.784. The second kappa shape index (κ2) is 15.5. The van der Waals surface area contributed by atoms with Gasteiger partial charge >= 0.3 is 0 Å².